The van der Waals surface area contributed by atoms with E-state index in [1.807, 2.05) is 4.90 Å². The third kappa shape index (κ3) is 2.99. The number of nitrogens with two attached hydrogens (primary N) is 1. The number of thiazole rings is 1. The third-order valence-corrected chi connectivity index (χ3v) is 3.79. The number of primary amides is 1. The van der Waals surface area contributed by atoms with Crippen LogP contribution in [0.15, 0.2) is 5.38 Å². The maximum Gasteiger partial charge on any atom is 0.443 e. The van der Waals surface area contributed by atoms with Gasteiger partial charge in [0, 0.05) is 18.5 Å². The number of alkyl halides is 3. The molecular formula is C10H12F3N3OS. The lowest BCUT2D eigenvalue weighted by atomic mass is 10.1. The Balaban J connectivity index is 1.95. The number of rotatable bonds is 3. The van der Waals surface area contributed by atoms with Crippen molar-refractivity contribution in [3.63, 3.8) is 0 Å². The van der Waals surface area contributed by atoms with Crippen molar-refractivity contribution in [1.29, 1.82) is 0 Å². The maximum absolute atomic E-state index is 12.4. The van der Waals surface area contributed by atoms with E-state index in [1.54, 1.807) is 0 Å². The Morgan fingerprint density at radius 2 is 2.33 bits per heavy atom. The van der Waals surface area contributed by atoms with E-state index in [2.05, 4.69) is 4.98 Å². The van der Waals surface area contributed by atoms with Gasteiger partial charge in [-0.1, -0.05) is 0 Å². The highest BCUT2D eigenvalue weighted by atomic mass is 32.1. The Hall–Kier alpha value is -1.15. The van der Waals surface area contributed by atoms with Crippen LogP contribution >= 0.6 is 11.3 Å². The van der Waals surface area contributed by atoms with Gasteiger partial charge in [0.25, 0.3) is 0 Å². The Morgan fingerprint density at radius 1 is 1.61 bits per heavy atom. The van der Waals surface area contributed by atoms with Crippen LogP contribution in [0.4, 0.5) is 13.2 Å². The van der Waals surface area contributed by atoms with Crippen LogP contribution in [0.5, 0.6) is 0 Å². The normalized spacial score (nSPS) is 21.4. The minimum atomic E-state index is -4.39. The second kappa shape index (κ2) is 4.85. The molecule has 0 spiro atoms. The molecule has 1 saturated heterocycles. The number of carbonyl (C=O) groups excluding carboxylic acids is 1. The summed E-state index contributed by atoms with van der Waals surface area (Å²) in [6, 6.07) is 0. The van der Waals surface area contributed by atoms with Crippen LogP contribution in [0.3, 0.4) is 0 Å². The van der Waals surface area contributed by atoms with Crippen LogP contribution in [-0.2, 0) is 17.5 Å². The summed E-state index contributed by atoms with van der Waals surface area (Å²) < 4.78 is 37.1. The van der Waals surface area contributed by atoms with Crippen LogP contribution in [0.2, 0.25) is 0 Å². The summed E-state index contributed by atoms with van der Waals surface area (Å²) in [5.41, 5.74) is 5.57. The lowest BCUT2D eigenvalue weighted by molar-refractivity contribution is -0.137. The number of amides is 1. The SMILES string of the molecule is NC(=O)C1CCN(Cc2csc(C(F)(F)F)n2)C1. The molecule has 1 fully saturated rings. The molecule has 1 aromatic heterocycles. The van der Waals surface area contributed by atoms with Gasteiger partial charge in [0.15, 0.2) is 5.01 Å². The standard InChI is InChI=1S/C10H12F3N3OS/c11-10(12,13)9-15-7(5-18-9)4-16-2-1-6(3-16)8(14)17/h5-6H,1-4H2,(H2,14,17). The Morgan fingerprint density at radius 3 is 2.83 bits per heavy atom. The fourth-order valence-electron chi connectivity index (χ4n) is 1.95. The molecule has 0 aliphatic carbocycles. The first-order chi connectivity index (χ1) is 8.36. The zero-order valence-electron chi connectivity index (χ0n) is 9.41. The number of carbonyl (C=O) groups is 1. The average Bonchev–Trinajstić information content (AvgIpc) is 2.85. The number of aromatic nitrogens is 1. The van der Waals surface area contributed by atoms with Crippen LogP contribution in [0.1, 0.15) is 17.1 Å². The van der Waals surface area contributed by atoms with Crippen LogP contribution in [0.25, 0.3) is 0 Å². The Kier molecular flexibility index (Phi) is 3.58. The summed E-state index contributed by atoms with van der Waals surface area (Å²) >= 11 is 0.593. The number of hydrogen-bond acceptors (Lipinski definition) is 4. The Bertz CT molecular complexity index is 446. The molecule has 4 nitrogen and oxygen atoms in total. The van der Waals surface area contributed by atoms with Crippen molar-refractivity contribution in [2.24, 2.45) is 11.7 Å². The second-order valence-electron chi connectivity index (χ2n) is 4.26. The molecule has 1 aliphatic heterocycles. The highest BCUT2D eigenvalue weighted by molar-refractivity contribution is 7.09. The molecule has 0 radical (unpaired) electrons. The van der Waals surface area contributed by atoms with Gasteiger partial charge >= 0.3 is 6.18 Å². The summed E-state index contributed by atoms with van der Waals surface area (Å²) in [5.74, 6) is -0.558. The lowest BCUT2D eigenvalue weighted by Crippen LogP contribution is -2.27. The van der Waals surface area contributed by atoms with Crippen molar-refractivity contribution < 1.29 is 18.0 Å². The van der Waals surface area contributed by atoms with E-state index in [0.717, 1.165) is 0 Å². The van der Waals surface area contributed by atoms with Crippen LogP contribution in [0, 0.1) is 5.92 Å². The van der Waals surface area contributed by atoms with Crippen LogP contribution < -0.4 is 5.73 Å². The number of likely N-dealkylation sites (tertiary alicyclic amines) is 1. The van der Waals surface area contributed by atoms with E-state index in [9.17, 15) is 18.0 Å². The Labute approximate surface area is 106 Å². The molecule has 0 bridgehead atoms. The molecule has 1 unspecified atom stereocenters. The first-order valence-electron chi connectivity index (χ1n) is 5.39. The van der Waals surface area contributed by atoms with Gasteiger partial charge in [-0.3, -0.25) is 9.69 Å². The van der Waals surface area contributed by atoms with Crippen molar-refractivity contribution in [3.05, 3.63) is 16.1 Å². The monoisotopic (exact) mass is 279 g/mol. The lowest BCUT2D eigenvalue weighted by Gasteiger charge is -2.13. The molecule has 1 aromatic rings. The summed E-state index contributed by atoms with van der Waals surface area (Å²) in [7, 11) is 0. The van der Waals surface area contributed by atoms with Crippen LogP contribution in [-0.4, -0.2) is 28.9 Å². The van der Waals surface area contributed by atoms with Crippen molar-refractivity contribution in [1.82, 2.24) is 9.88 Å². The fraction of sp³-hybridized carbons (Fsp3) is 0.600. The van der Waals surface area contributed by atoms with Gasteiger partial charge in [0.1, 0.15) is 0 Å². The van der Waals surface area contributed by atoms with E-state index in [4.69, 9.17) is 5.73 Å². The van der Waals surface area contributed by atoms with Gasteiger partial charge in [-0.15, -0.1) is 11.3 Å². The molecule has 1 atom stereocenters. The highest BCUT2D eigenvalue weighted by Gasteiger charge is 2.35. The largest absolute Gasteiger partial charge is 0.443 e. The second-order valence-corrected chi connectivity index (χ2v) is 5.12. The van der Waals surface area contributed by atoms with Gasteiger partial charge < -0.3 is 5.73 Å². The molecule has 1 aliphatic rings. The first-order valence-corrected chi connectivity index (χ1v) is 6.27. The highest BCUT2D eigenvalue weighted by Crippen LogP contribution is 2.32. The predicted molar refractivity (Wildman–Crippen MR) is 59.7 cm³/mol. The number of hydrogen-bond donors (Lipinski definition) is 1. The van der Waals surface area contributed by atoms with Crippen molar-refractivity contribution >= 4 is 17.2 Å². The zero-order valence-corrected chi connectivity index (χ0v) is 10.2. The van der Waals surface area contributed by atoms with E-state index in [0.29, 0.717) is 43.1 Å². The minimum Gasteiger partial charge on any atom is -0.369 e. The van der Waals surface area contributed by atoms with Gasteiger partial charge in [-0.25, -0.2) is 4.98 Å². The first kappa shape index (κ1) is 13.3. The topological polar surface area (TPSA) is 59.2 Å². The zero-order chi connectivity index (χ0) is 13.3. The summed E-state index contributed by atoms with van der Waals surface area (Å²) in [5, 5.41) is 0.573. The molecule has 100 valence electrons. The average molecular weight is 279 g/mol. The molecule has 18 heavy (non-hydrogen) atoms. The van der Waals surface area contributed by atoms with Gasteiger partial charge in [0.2, 0.25) is 5.91 Å². The van der Waals surface area contributed by atoms with E-state index >= 15 is 0 Å². The third-order valence-electron chi connectivity index (χ3n) is 2.85. The quantitative estimate of drug-likeness (QED) is 0.911. The van der Waals surface area contributed by atoms with Gasteiger partial charge in [-0.2, -0.15) is 13.2 Å². The molecule has 8 heteroatoms. The van der Waals surface area contributed by atoms with Crippen molar-refractivity contribution in [2.75, 3.05) is 13.1 Å². The molecule has 2 rings (SSSR count). The minimum absolute atomic E-state index is 0.203. The summed E-state index contributed by atoms with van der Waals surface area (Å²) in [6.45, 7) is 1.48. The van der Waals surface area contributed by atoms with Gasteiger partial charge in [0.05, 0.1) is 11.6 Å². The van der Waals surface area contributed by atoms with E-state index in [1.165, 1.54) is 5.38 Å². The van der Waals surface area contributed by atoms with E-state index < -0.39 is 11.2 Å². The van der Waals surface area contributed by atoms with Crippen molar-refractivity contribution in [2.45, 2.75) is 19.1 Å². The molecule has 1 amide bonds. The molecule has 2 heterocycles. The molecule has 0 aromatic carbocycles. The number of nitrogens with zero attached hydrogens (tertiary/aromatic N) is 2. The summed E-state index contributed by atoms with van der Waals surface area (Å²) in [6.07, 6.45) is -3.73. The van der Waals surface area contributed by atoms with E-state index in [-0.39, 0.29) is 11.8 Å². The summed E-state index contributed by atoms with van der Waals surface area (Å²) in [4.78, 5) is 16.4. The smallest absolute Gasteiger partial charge is 0.369 e. The molecule has 2 N–H and O–H groups in total. The maximum atomic E-state index is 12.4. The molecule has 0 saturated carbocycles. The van der Waals surface area contributed by atoms with Gasteiger partial charge in [-0.05, 0) is 13.0 Å². The molecular weight excluding hydrogens is 267 g/mol. The van der Waals surface area contributed by atoms with Crippen molar-refractivity contribution in [3.8, 4) is 0 Å². The fourth-order valence-corrected chi connectivity index (χ4v) is 2.63. The number of halogens is 3. The predicted octanol–water partition coefficient (Wildman–Crippen LogP) is 1.47.